The third kappa shape index (κ3) is 3.29. The van der Waals surface area contributed by atoms with Gasteiger partial charge in [0.25, 0.3) is 0 Å². The number of esters is 1. The third-order valence-electron chi connectivity index (χ3n) is 4.47. The lowest BCUT2D eigenvalue weighted by molar-refractivity contribution is -0.116. The van der Waals surface area contributed by atoms with Crippen LogP contribution < -0.4 is 5.32 Å². The van der Waals surface area contributed by atoms with Gasteiger partial charge in [-0.05, 0) is 23.8 Å². The van der Waals surface area contributed by atoms with Crippen LogP contribution in [0.4, 0.5) is 5.82 Å². The number of nitrogens with one attached hydrogen (secondary N) is 1. The lowest BCUT2D eigenvalue weighted by Gasteiger charge is -2.23. The second kappa shape index (κ2) is 6.99. The third-order valence-corrected chi connectivity index (χ3v) is 4.47. The van der Waals surface area contributed by atoms with Gasteiger partial charge in [-0.2, -0.15) is 5.10 Å². The van der Waals surface area contributed by atoms with E-state index in [1.54, 1.807) is 41.5 Å². The molecule has 3 aromatic heterocycles. The molecule has 1 N–H and O–H groups in total. The summed E-state index contributed by atoms with van der Waals surface area (Å²) in [5.74, 6) is -0.262. The number of carbonyl (C=O) groups excluding carboxylic acids is 2. The fourth-order valence-corrected chi connectivity index (χ4v) is 3.18. The van der Waals surface area contributed by atoms with Crippen LogP contribution in [0.2, 0.25) is 0 Å². The van der Waals surface area contributed by atoms with Crippen LogP contribution in [0.25, 0.3) is 0 Å². The van der Waals surface area contributed by atoms with Gasteiger partial charge in [-0.3, -0.25) is 9.78 Å². The summed E-state index contributed by atoms with van der Waals surface area (Å²) in [6, 6.07) is 8.93. The van der Waals surface area contributed by atoms with E-state index < -0.39 is 5.97 Å². The summed E-state index contributed by atoms with van der Waals surface area (Å²) in [6.45, 7) is 0.492. The molecule has 0 unspecified atom stereocenters. The fourth-order valence-electron chi connectivity index (χ4n) is 3.18. The van der Waals surface area contributed by atoms with E-state index in [4.69, 9.17) is 4.74 Å². The average molecular weight is 363 g/mol. The molecule has 0 bridgehead atoms. The quantitative estimate of drug-likeness (QED) is 0.712. The number of carbonyl (C=O) groups is 2. The summed E-state index contributed by atoms with van der Waals surface area (Å²) in [7, 11) is 1.31. The molecule has 0 saturated heterocycles. The summed E-state index contributed by atoms with van der Waals surface area (Å²) in [6.07, 6.45) is 5.45. The van der Waals surface area contributed by atoms with Crippen molar-refractivity contribution in [3.63, 3.8) is 0 Å². The topological polar surface area (TPSA) is 99.0 Å². The maximum atomic E-state index is 12.3. The molecule has 0 spiro atoms. The molecular formula is C19H17N5O3. The lowest BCUT2D eigenvalue weighted by atomic mass is 9.90. The summed E-state index contributed by atoms with van der Waals surface area (Å²) < 4.78 is 6.47. The molecular weight excluding hydrogens is 346 g/mol. The number of aromatic nitrogens is 4. The second-order valence-electron chi connectivity index (χ2n) is 6.21. The Hall–Kier alpha value is -3.55. The number of rotatable bonds is 4. The van der Waals surface area contributed by atoms with E-state index in [0.717, 1.165) is 11.1 Å². The minimum atomic E-state index is -0.510. The van der Waals surface area contributed by atoms with Crippen LogP contribution in [0.1, 0.15) is 39.6 Å². The number of nitrogens with zero attached hydrogens (tertiary/aromatic N) is 4. The molecule has 1 amide bonds. The predicted octanol–water partition coefficient (Wildman–Crippen LogP) is 1.98. The zero-order valence-electron chi connectivity index (χ0n) is 14.6. The Labute approximate surface area is 155 Å². The largest absolute Gasteiger partial charge is 0.464 e. The van der Waals surface area contributed by atoms with Gasteiger partial charge in [-0.1, -0.05) is 12.1 Å². The van der Waals surface area contributed by atoms with Gasteiger partial charge in [0, 0.05) is 36.0 Å². The SMILES string of the molecule is COC(=O)c1cccc([C@H]2CC(=O)Nc3c2cnn3Cc2cccnc2)n1. The van der Waals surface area contributed by atoms with Gasteiger partial charge >= 0.3 is 5.97 Å². The molecule has 0 aliphatic carbocycles. The van der Waals surface area contributed by atoms with Crippen molar-refractivity contribution in [1.29, 1.82) is 0 Å². The molecule has 3 aromatic rings. The zero-order valence-corrected chi connectivity index (χ0v) is 14.6. The van der Waals surface area contributed by atoms with Crippen LogP contribution in [-0.4, -0.2) is 38.7 Å². The first kappa shape index (κ1) is 16.9. The number of pyridine rings is 2. The zero-order chi connectivity index (χ0) is 18.8. The van der Waals surface area contributed by atoms with Gasteiger partial charge in [-0.15, -0.1) is 0 Å². The molecule has 1 atom stereocenters. The molecule has 4 heterocycles. The standard InChI is InChI=1S/C19H17N5O3/c1-27-19(26)16-6-2-5-15(22-16)13-8-17(25)23-18-14(13)10-21-24(18)11-12-4-3-7-20-9-12/h2-7,9-10,13H,8,11H2,1H3,(H,23,25)/t13-/m0/s1. The molecule has 8 nitrogen and oxygen atoms in total. The number of amides is 1. The normalized spacial score (nSPS) is 15.7. The second-order valence-corrected chi connectivity index (χ2v) is 6.21. The smallest absolute Gasteiger partial charge is 0.356 e. The molecule has 1 aliphatic heterocycles. The molecule has 4 rings (SSSR count). The van der Waals surface area contributed by atoms with Crippen LogP contribution >= 0.6 is 0 Å². The molecule has 27 heavy (non-hydrogen) atoms. The number of methoxy groups -OCH3 is 1. The minimum Gasteiger partial charge on any atom is -0.464 e. The van der Waals surface area contributed by atoms with Crippen molar-refractivity contribution in [3.05, 3.63) is 71.4 Å². The van der Waals surface area contributed by atoms with Crippen molar-refractivity contribution in [3.8, 4) is 0 Å². The van der Waals surface area contributed by atoms with E-state index in [9.17, 15) is 9.59 Å². The van der Waals surface area contributed by atoms with E-state index in [-0.39, 0.29) is 23.9 Å². The van der Waals surface area contributed by atoms with Crippen molar-refractivity contribution < 1.29 is 14.3 Å². The van der Waals surface area contributed by atoms with E-state index in [0.29, 0.717) is 18.1 Å². The number of hydrogen-bond donors (Lipinski definition) is 1. The summed E-state index contributed by atoms with van der Waals surface area (Å²) >= 11 is 0. The van der Waals surface area contributed by atoms with Crippen molar-refractivity contribution in [2.24, 2.45) is 0 Å². The van der Waals surface area contributed by atoms with Crippen molar-refractivity contribution >= 4 is 17.7 Å². The highest BCUT2D eigenvalue weighted by atomic mass is 16.5. The molecule has 0 radical (unpaired) electrons. The summed E-state index contributed by atoms with van der Waals surface area (Å²) in [5.41, 5.74) is 2.69. The number of fused-ring (bicyclic) bond motifs is 1. The first-order valence-corrected chi connectivity index (χ1v) is 8.45. The van der Waals surface area contributed by atoms with Crippen LogP contribution in [0, 0.1) is 0 Å². The van der Waals surface area contributed by atoms with Gasteiger partial charge in [0.1, 0.15) is 11.5 Å². The Morgan fingerprint density at radius 1 is 1.30 bits per heavy atom. The van der Waals surface area contributed by atoms with Crippen LogP contribution in [0.5, 0.6) is 0 Å². The van der Waals surface area contributed by atoms with E-state index in [2.05, 4.69) is 20.4 Å². The average Bonchev–Trinajstić information content (AvgIpc) is 3.10. The maximum Gasteiger partial charge on any atom is 0.356 e. The highest BCUT2D eigenvalue weighted by molar-refractivity contribution is 5.94. The Kier molecular flexibility index (Phi) is 4.37. The Morgan fingerprint density at radius 3 is 2.96 bits per heavy atom. The number of anilines is 1. The van der Waals surface area contributed by atoms with Gasteiger partial charge in [0.2, 0.25) is 5.91 Å². The molecule has 8 heteroatoms. The maximum absolute atomic E-state index is 12.3. The van der Waals surface area contributed by atoms with E-state index >= 15 is 0 Å². The van der Waals surface area contributed by atoms with Crippen molar-refractivity contribution in [1.82, 2.24) is 19.7 Å². The monoisotopic (exact) mass is 363 g/mol. The Bertz CT molecular complexity index is 1000. The number of hydrogen-bond acceptors (Lipinski definition) is 6. The molecule has 0 saturated carbocycles. The summed E-state index contributed by atoms with van der Waals surface area (Å²) in [5, 5.41) is 7.33. The Morgan fingerprint density at radius 2 is 2.19 bits per heavy atom. The Balaban J connectivity index is 1.70. The number of ether oxygens (including phenoxy) is 1. The van der Waals surface area contributed by atoms with Gasteiger partial charge in [0.15, 0.2) is 0 Å². The minimum absolute atomic E-state index is 0.120. The molecule has 0 aromatic carbocycles. The van der Waals surface area contributed by atoms with Gasteiger partial charge in [-0.25, -0.2) is 14.5 Å². The predicted molar refractivity (Wildman–Crippen MR) is 96.2 cm³/mol. The summed E-state index contributed by atoms with van der Waals surface area (Å²) in [4.78, 5) is 32.6. The van der Waals surface area contributed by atoms with Crippen LogP contribution in [-0.2, 0) is 16.1 Å². The van der Waals surface area contributed by atoms with Gasteiger partial charge in [0.05, 0.1) is 19.9 Å². The van der Waals surface area contributed by atoms with Crippen LogP contribution in [0.3, 0.4) is 0 Å². The van der Waals surface area contributed by atoms with Gasteiger partial charge < -0.3 is 10.1 Å². The van der Waals surface area contributed by atoms with E-state index in [1.165, 1.54) is 7.11 Å². The fraction of sp³-hybridized carbons (Fsp3) is 0.211. The lowest BCUT2D eigenvalue weighted by Crippen LogP contribution is -2.25. The first-order valence-electron chi connectivity index (χ1n) is 8.45. The van der Waals surface area contributed by atoms with Crippen molar-refractivity contribution in [2.75, 3.05) is 12.4 Å². The molecule has 136 valence electrons. The molecule has 1 aliphatic rings. The first-order chi connectivity index (χ1) is 13.2. The van der Waals surface area contributed by atoms with Crippen LogP contribution in [0.15, 0.2) is 48.9 Å². The van der Waals surface area contributed by atoms with E-state index in [1.807, 2.05) is 12.1 Å². The van der Waals surface area contributed by atoms with Crippen molar-refractivity contribution in [2.45, 2.75) is 18.9 Å². The molecule has 0 fully saturated rings. The highest BCUT2D eigenvalue weighted by Gasteiger charge is 2.31. The highest BCUT2D eigenvalue weighted by Crippen LogP contribution is 2.36.